The number of hydrogen-bond donors (Lipinski definition) is 1. The Morgan fingerprint density at radius 2 is 2.28 bits per heavy atom. The number of methoxy groups -OCH3 is 1. The first-order valence-corrected chi connectivity index (χ1v) is 5.82. The monoisotopic (exact) mass is 248 g/mol. The molecule has 0 aliphatic carbocycles. The van der Waals surface area contributed by atoms with Crippen molar-refractivity contribution in [1.82, 2.24) is 10.5 Å². The van der Waals surface area contributed by atoms with Gasteiger partial charge in [-0.3, -0.25) is 4.79 Å². The maximum atomic E-state index is 11.8. The zero-order valence-electron chi connectivity index (χ0n) is 10.5. The molecule has 0 aliphatic heterocycles. The molecule has 5 nitrogen and oxygen atoms in total. The Hall–Kier alpha value is -1.88. The first-order chi connectivity index (χ1) is 8.70. The molecule has 18 heavy (non-hydrogen) atoms. The molecular formula is C13H16N2O3. The number of rotatable bonds is 5. The van der Waals surface area contributed by atoms with Crippen LogP contribution < -0.4 is 5.32 Å². The molecule has 1 aromatic heterocycles. The van der Waals surface area contributed by atoms with Crippen LogP contribution in [0.4, 0.5) is 0 Å². The van der Waals surface area contributed by atoms with E-state index >= 15 is 0 Å². The van der Waals surface area contributed by atoms with Crippen molar-refractivity contribution in [2.24, 2.45) is 0 Å². The highest BCUT2D eigenvalue weighted by Gasteiger charge is 2.13. The van der Waals surface area contributed by atoms with Gasteiger partial charge in [0.15, 0.2) is 5.58 Å². The van der Waals surface area contributed by atoms with Gasteiger partial charge in [-0.2, -0.15) is 0 Å². The second kappa shape index (κ2) is 5.64. The van der Waals surface area contributed by atoms with Gasteiger partial charge >= 0.3 is 0 Å². The summed E-state index contributed by atoms with van der Waals surface area (Å²) in [5.74, 6) is -0.0846. The fourth-order valence-corrected chi connectivity index (χ4v) is 1.84. The topological polar surface area (TPSA) is 64.4 Å². The van der Waals surface area contributed by atoms with Gasteiger partial charge in [0.1, 0.15) is 5.69 Å². The minimum Gasteiger partial charge on any atom is -0.383 e. The zero-order chi connectivity index (χ0) is 13.0. The van der Waals surface area contributed by atoms with Gasteiger partial charge in [0.25, 0.3) is 0 Å². The maximum absolute atomic E-state index is 11.8. The Morgan fingerprint density at radius 1 is 1.50 bits per heavy atom. The van der Waals surface area contributed by atoms with Gasteiger partial charge in [0.2, 0.25) is 5.91 Å². The number of para-hydroxylation sites is 1. The number of amides is 1. The third-order valence-corrected chi connectivity index (χ3v) is 2.60. The van der Waals surface area contributed by atoms with Gasteiger partial charge in [0.05, 0.1) is 13.0 Å². The number of benzene rings is 1. The Balaban J connectivity index is 2.03. The van der Waals surface area contributed by atoms with E-state index in [1.165, 1.54) is 0 Å². The molecule has 2 rings (SSSR count). The highest BCUT2D eigenvalue weighted by Crippen LogP contribution is 2.17. The van der Waals surface area contributed by atoms with Crippen LogP contribution in [-0.4, -0.2) is 30.8 Å². The molecule has 2 aromatic rings. The number of ether oxygens (including phenoxy) is 1. The zero-order valence-corrected chi connectivity index (χ0v) is 10.5. The Kier molecular flexibility index (Phi) is 3.94. The van der Waals surface area contributed by atoms with Crippen LogP contribution in [0.25, 0.3) is 11.0 Å². The lowest BCUT2D eigenvalue weighted by molar-refractivity contribution is -0.121. The van der Waals surface area contributed by atoms with Crippen LogP contribution in [0.1, 0.15) is 12.6 Å². The molecule has 0 saturated carbocycles. The second-order valence-corrected chi connectivity index (χ2v) is 4.23. The summed E-state index contributed by atoms with van der Waals surface area (Å²) in [6, 6.07) is 7.48. The Labute approximate surface area is 105 Å². The number of hydrogen-bond acceptors (Lipinski definition) is 4. The minimum absolute atomic E-state index is 0.0133. The third-order valence-electron chi connectivity index (χ3n) is 2.60. The molecule has 1 atom stereocenters. The Morgan fingerprint density at radius 3 is 3.06 bits per heavy atom. The highest BCUT2D eigenvalue weighted by molar-refractivity contribution is 5.86. The molecule has 0 saturated heterocycles. The highest BCUT2D eigenvalue weighted by atomic mass is 16.5. The van der Waals surface area contributed by atoms with Crippen LogP contribution in [-0.2, 0) is 16.0 Å². The molecule has 1 aromatic carbocycles. The van der Waals surface area contributed by atoms with Crippen LogP contribution in [0, 0.1) is 0 Å². The number of nitrogens with one attached hydrogen (secondary N) is 1. The first-order valence-electron chi connectivity index (χ1n) is 5.82. The quantitative estimate of drug-likeness (QED) is 0.871. The van der Waals surface area contributed by atoms with Crippen molar-refractivity contribution >= 4 is 16.9 Å². The molecule has 0 spiro atoms. The van der Waals surface area contributed by atoms with Crippen LogP contribution >= 0.6 is 0 Å². The van der Waals surface area contributed by atoms with E-state index in [1.807, 2.05) is 31.2 Å². The lowest BCUT2D eigenvalue weighted by Crippen LogP contribution is -2.36. The third kappa shape index (κ3) is 2.87. The summed E-state index contributed by atoms with van der Waals surface area (Å²) in [6.07, 6.45) is 0.213. The van der Waals surface area contributed by atoms with Crippen molar-refractivity contribution in [1.29, 1.82) is 0 Å². The van der Waals surface area contributed by atoms with Gasteiger partial charge in [-0.25, -0.2) is 0 Å². The van der Waals surface area contributed by atoms with E-state index in [9.17, 15) is 4.79 Å². The van der Waals surface area contributed by atoms with Crippen molar-refractivity contribution in [2.45, 2.75) is 19.4 Å². The maximum Gasteiger partial charge on any atom is 0.226 e. The molecule has 0 fully saturated rings. The van der Waals surface area contributed by atoms with Crippen molar-refractivity contribution in [3.8, 4) is 0 Å². The van der Waals surface area contributed by atoms with Gasteiger partial charge in [0, 0.05) is 18.5 Å². The fourth-order valence-electron chi connectivity index (χ4n) is 1.84. The molecule has 5 heteroatoms. The number of nitrogens with zero attached hydrogens (tertiary/aromatic N) is 1. The normalized spacial score (nSPS) is 12.6. The van der Waals surface area contributed by atoms with E-state index in [0.717, 1.165) is 5.39 Å². The van der Waals surface area contributed by atoms with Gasteiger partial charge in [-0.1, -0.05) is 17.3 Å². The van der Waals surface area contributed by atoms with Gasteiger partial charge < -0.3 is 14.6 Å². The lowest BCUT2D eigenvalue weighted by atomic mass is 10.1. The van der Waals surface area contributed by atoms with Gasteiger partial charge in [-0.05, 0) is 19.1 Å². The summed E-state index contributed by atoms with van der Waals surface area (Å²) in [5, 5.41) is 7.64. The fraction of sp³-hybridized carbons (Fsp3) is 0.385. The largest absolute Gasteiger partial charge is 0.383 e. The van der Waals surface area contributed by atoms with Crippen molar-refractivity contribution < 1.29 is 14.1 Å². The summed E-state index contributed by atoms with van der Waals surface area (Å²) >= 11 is 0. The Bertz CT molecular complexity index is 536. The standard InChI is InChI=1S/C13H16N2O3/c1-9(8-17-2)14-13(16)7-11-10-5-3-4-6-12(10)18-15-11/h3-6,9H,7-8H2,1-2H3,(H,14,16). The number of carbonyl (C=O) groups is 1. The smallest absolute Gasteiger partial charge is 0.226 e. The van der Waals surface area contributed by atoms with E-state index in [2.05, 4.69) is 10.5 Å². The molecule has 0 bridgehead atoms. The van der Waals surface area contributed by atoms with Crippen molar-refractivity contribution in [3.05, 3.63) is 30.0 Å². The predicted molar refractivity (Wildman–Crippen MR) is 67.2 cm³/mol. The molecule has 0 radical (unpaired) electrons. The SMILES string of the molecule is COCC(C)NC(=O)Cc1noc2ccccc12. The summed E-state index contributed by atoms with van der Waals surface area (Å²) in [5.41, 5.74) is 1.36. The van der Waals surface area contributed by atoms with Crippen LogP contribution in [0.2, 0.25) is 0 Å². The van der Waals surface area contributed by atoms with E-state index < -0.39 is 0 Å². The number of carbonyl (C=O) groups excluding carboxylic acids is 1. The van der Waals surface area contributed by atoms with Crippen molar-refractivity contribution in [3.63, 3.8) is 0 Å². The van der Waals surface area contributed by atoms with E-state index in [0.29, 0.717) is 17.9 Å². The van der Waals surface area contributed by atoms with Crippen LogP contribution in [0.5, 0.6) is 0 Å². The van der Waals surface area contributed by atoms with E-state index in [4.69, 9.17) is 9.26 Å². The number of fused-ring (bicyclic) bond motifs is 1. The summed E-state index contributed by atoms with van der Waals surface area (Å²) in [4.78, 5) is 11.8. The molecule has 1 unspecified atom stereocenters. The molecular weight excluding hydrogens is 232 g/mol. The van der Waals surface area contributed by atoms with Crippen LogP contribution in [0.15, 0.2) is 28.8 Å². The average Bonchev–Trinajstić information content (AvgIpc) is 2.73. The first kappa shape index (κ1) is 12.6. The minimum atomic E-state index is -0.0846. The molecule has 1 N–H and O–H groups in total. The average molecular weight is 248 g/mol. The molecule has 0 aliphatic rings. The predicted octanol–water partition coefficient (Wildman–Crippen LogP) is 1.52. The van der Waals surface area contributed by atoms with E-state index in [-0.39, 0.29) is 18.4 Å². The molecule has 96 valence electrons. The second-order valence-electron chi connectivity index (χ2n) is 4.23. The molecule has 1 heterocycles. The van der Waals surface area contributed by atoms with Gasteiger partial charge in [-0.15, -0.1) is 0 Å². The lowest BCUT2D eigenvalue weighted by Gasteiger charge is -2.11. The summed E-state index contributed by atoms with van der Waals surface area (Å²) in [7, 11) is 1.60. The summed E-state index contributed by atoms with van der Waals surface area (Å²) in [6.45, 7) is 2.38. The van der Waals surface area contributed by atoms with Crippen LogP contribution in [0.3, 0.4) is 0 Å². The van der Waals surface area contributed by atoms with E-state index in [1.54, 1.807) is 7.11 Å². The summed E-state index contributed by atoms with van der Waals surface area (Å²) < 4.78 is 10.1. The number of aromatic nitrogens is 1. The van der Waals surface area contributed by atoms with Crippen molar-refractivity contribution in [2.75, 3.05) is 13.7 Å². The molecule has 1 amide bonds.